The first-order valence-electron chi connectivity index (χ1n) is 7.61. The molecule has 0 amide bonds. The van der Waals surface area contributed by atoms with Gasteiger partial charge in [0.05, 0.1) is 5.56 Å². The largest absolute Gasteiger partial charge is 0.489 e. The van der Waals surface area contributed by atoms with E-state index in [-0.39, 0.29) is 0 Å². The quantitative estimate of drug-likeness (QED) is 0.886. The molecule has 22 heavy (non-hydrogen) atoms. The molecule has 3 heteroatoms. The van der Waals surface area contributed by atoms with E-state index in [1.54, 1.807) is 6.07 Å². The molecule has 3 nitrogen and oxygen atoms in total. The van der Waals surface area contributed by atoms with Gasteiger partial charge in [0, 0.05) is 5.56 Å². The summed E-state index contributed by atoms with van der Waals surface area (Å²) in [6, 6.07) is 11.6. The van der Waals surface area contributed by atoms with Crippen LogP contribution in [-0.4, -0.2) is 11.1 Å². The second kappa shape index (κ2) is 5.84. The molecule has 1 aliphatic carbocycles. The van der Waals surface area contributed by atoms with Gasteiger partial charge < -0.3 is 9.84 Å². The zero-order valence-corrected chi connectivity index (χ0v) is 12.9. The van der Waals surface area contributed by atoms with Crippen LogP contribution in [0.3, 0.4) is 0 Å². The lowest BCUT2D eigenvalue weighted by Crippen LogP contribution is -2.09. The highest BCUT2D eigenvalue weighted by Crippen LogP contribution is 2.42. The van der Waals surface area contributed by atoms with Gasteiger partial charge in [-0.1, -0.05) is 29.8 Å². The minimum absolute atomic E-state index is 0.304. The Morgan fingerprint density at radius 1 is 1.23 bits per heavy atom. The van der Waals surface area contributed by atoms with Crippen LogP contribution < -0.4 is 4.74 Å². The zero-order valence-electron chi connectivity index (χ0n) is 12.9. The molecule has 114 valence electrons. The SMILES string of the molecule is Cc1ccc(OCc2c(C(=O)O)cccc2C2CC2)c(C)c1. The van der Waals surface area contributed by atoms with Gasteiger partial charge in [-0.05, 0) is 55.9 Å². The Balaban J connectivity index is 1.89. The predicted octanol–water partition coefficient (Wildman–Crippen LogP) is 4.46. The monoisotopic (exact) mass is 296 g/mol. The predicted molar refractivity (Wildman–Crippen MR) is 85.6 cm³/mol. The average Bonchev–Trinajstić information content (AvgIpc) is 3.30. The minimum Gasteiger partial charge on any atom is -0.489 e. The summed E-state index contributed by atoms with van der Waals surface area (Å²) in [6.07, 6.45) is 2.28. The van der Waals surface area contributed by atoms with E-state index in [1.165, 1.54) is 5.56 Å². The molecule has 1 saturated carbocycles. The second-order valence-electron chi connectivity index (χ2n) is 6.01. The van der Waals surface area contributed by atoms with Crippen LogP contribution in [-0.2, 0) is 6.61 Å². The second-order valence-corrected chi connectivity index (χ2v) is 6.01. The Kier molecular flexibility index (Phi) is 3.88. The molecule has 0 aromatic heterocycles. The molecule has 3 rings (SSSR count). The van der Waals surface area contributed by atoms with Crippen molar-refractivity contribution in [1.29, 1.82) is 0 Å². The summed E-state index contributed by atoms with van der Waals surface area (Å²) >= 11 is 0. The van der Waals surface area contributed by atoms with Gasteiger partial charge in [-0.25, -0.2) is 4.79 Å². The molecule has 0 radical (unpaired) electrons. The van der Waals surface area contributed by atoms with Gasteiger partial charge in [0.1, 0.15) is 12.4 Å². The molecule has 0 bridgehead atoms. The fourth-order valence-electron chi connectivity index (χ4n) is 2.85. The zero-order chi connectivity index (χ0) is 15.7. The first kappa shape index (κ1) is 14.6. The number of benzene rings is 2. The van der Waals surface area contributed by atoms with E-state index >= 15 is 0 Å². The molecular weight excluding hydrogens is 276 g/mol. The summed E-state index contributed by atoms with van der Waals surface area (Å²) in [7, 11) is 0. The van der Waals surface area contributed by atoms with Crippen LogP contribution in [0.5, 0.6) is 5.75 Å². The summed E-state index contributed by atoms with van der Waals surface area (Å²) in [5.74, 6) is 0.422. The topological polar surface area (TPSA) is 46.5 Å². The van der Waals surface area contributed by atoms with Crippen LogP contribution in [0, 0.1) is 13.8 Å². The van der Waals surface area contributed by atoms with Crippen LogP contribution in [0.4, 0.5) is 0 Å². The first-order valence-corrected chi connectivity index (χ1v) is 7.61. The lowest BCUT2D eigenvalue weighted by Gasteiger charge is -2.15. The maximum atomic E-state index is 11.5. The van der Waals surface area contributed by atoms with Crippen LogP contribution in [0.15, 0.2) is 36.4 Å². The van der Waals surface area contributed by atoms with Gasteiger partial charge in [0.25, 0.3) is 0 Å². The molecule has 2 aromatic rings. The summed E-state index contributed by atoms with van der Waals surface area (Å²) in [4.78, 5) is 11.5. The number of aromatic carboxylic acids is 1. The van der Waals surface area contributed by atoms with E-state index < -0.39 is 5.97 Å². The number of rotatable bonds is 5. The summed E-state index contributed by atoms with van der Waals surface area (Å²) < 4.78 is 5.92. The lowest BCUT2D eigenvalue weighted by molar-refractivity contribution is 0.0693. The maximum Gasteiger partial charge on any atom is 0.336 e. The van der Waals surface area contributed by atoms with Gasteiger partial charge in [-0.3, -0.25) is 0 Å². The lowest BCUT2D eigenvalue weighted by atomic mass is 9.98. The molecule has 1 N–H and O–H groups in total. The highest BCUT2D eigenvalue weighted by molar-refractivity contribution is 5.89. The number of carbonyl (C=O) groups is 1. The van der Waals surface area contributed by atoms with Crippen molar-refractivity contribution >= 4 is 5.97 Å². The Morgan fingerprint density at radius 2 is 2.00 bits per heavy atom. The average molecular weight is 296 g/mol. The minimum atomic E-state index is -0.887. The molecule has 0 aliphatic heterocycles. The summed E-state index contributed by atoms with van der Waals surface area (Å²) in [5.41, 5.74) is 4.56. The number of hydrogen-bond donors (Lipinski definition) is 1. The Bertz CT molecular complexity index is 715. The third kappa shape index (κ3) is 2.98. The van der Waals surface area contributed by atoms with Crippen molar-refractivity contribution in [3.63, 3.8) is 0 Å². The third-order valence-electron chi connectivity index (χ3n) is 4.16. The van der Waals surface area contributed by atoms with Gasteiger partial charge in [0.2, 0.25) is 0 Å². The number of carboxylic acid groups (broad SMARTS) is 1. The Hall–Kier alpha value is -2.29. The normalized spacial score (nSPS) is 13.9. The first-order chi connectivity index (χ1) is 10.6. The van der Waals surface area contributed by atoms with Crippen molar-refractivity contribution < 1.29 is 14.6 Å². The van der Waals surface area contributed by atoms with Crippen molar-refractivity contribution in [3.8, 4) is 5.75 Å². The van der Waals surface area contributed by atoms with Crippen molar-refractivity contribution in [3.05, 3.63) is 64.2 Å². The molecule has 0 saturated heterocycles. The molecule has 0 spiro atoms. The van der Waals surface area contributed by atoms with Crippen molar-refractivity contribution in [2.24, 2.45) is 0 Å². The molecular formula is C19H20O3. The van der Waals surface area contributed by atoms with E-state index in [0.29, 0.717) is 18.1 Å². The third-order valence-corrected chi connectivity index (χ3v) is 4.16. The number of hydrogen-bond acceptors (Lipinski definition) is 2. The van der Waals surface area contributed by atoms with Gasteiger partial charge >= 0.3 is 5.97 Å². The summed E-state index contributed by atoms with van der Waals surface area (Å²) in [5, 5.41) is 9.42. The van der Waals surface area contributed by atoms with Crippen LogP contribution in [0.25, 0.3) is 0 Å². The summed E-state index contributed by atoms with van der Waals surface area (Å²) in [6.45, 7) is 4.35. The smallest absolute Gasteiger partial charge is 0.336 e. The van der Waals surface area contributed by atoms with E-state index in [1.807, 2.05) is 38.1 Å². The van der Waals surface area contributed by atoms with Crippen LogP contribution in [0.1, 0.15) is 51.4 Å². The van der Waals surface area contributed by atoms with Crippen molar-refractivity contribution in [2.75, 3.05) is 0 Å². The highest BCUT2D eigenvalue weighted by atomic mass is 16.5. The molecule has 0 unspecified atom stereocenters. The maximum absolute atomic E-state index is 11.5. The molecule has 2 aromatic carbocycles. The standard InChI is InChI=1S/C19H20O3/c1-12-6-9-18(13(2)10-12)22-11-17-15(14-7-8-14)4-3-5-16(17)19(20)21/h3-6,9-10,14H,7-8,11H2,1-2H3,(H,20,21). The fourth-order valence-corrected chi connectivity index (χ4v) is 2.85. The highest BCUT2D eigenvalue weighted by Gasteiger charge is 2.28. The Labute approximate surface area is 130 Å². The van der Waals surface area contributed by atoms with Gasteiger partial charge in [-0.15, -0.1) is 0 Å². The van der Waals surface area contributed by atoms with Crippen molar-refractivity contribution in [2.45, 2.75) is 39.2 Å². The van der Waals surface area contributed by atoms with E-state index in [0.717, 1.165) is 35.3 Å². The van der Waals surface area contributed by atoms with Crippen molar-refractivity contribution in [1.82, 2.24) is 0 Å². The number of aryl methyl sites for hydroxylation is 2. The fraction of sp³-hybridized carbons (Fsp3) is 0.316. The van der Waals surface area contributed by atoms with Crippen LogP contribution in [0.2, 0.25) is 0 Å². The van der Waals surface area contributed by atoms with E-state index in [4.69, 9.17) is 4.74 Å². The van der Waals surface area contributed by atoms with Crippen LogP contribution >= 0.6 is 0 Å². The number of carboxylic acids is 1. The van der Waals surface area contributed by atoms with E-state index in [2.05, 4.69) is 6.07 Å². The molecule has 0 heterocycles. The Morgan fingerprint density at radius 3 is 2.64 bits per heavy atom. The molecule has 0 atom stereocenters. The molecule has 1 fully saturated rings. The van der Waals surface area contributed by atoms with Gasteiger partial charge in [0.15, 0.2) is 0 Å². The van der Waals surface area contributed by atoms with Gasteiger partial charge in [-0.2, -0.15) is 0 Å². The number of ether oxygens (including phenoxy) is 1. The molecule has 1 aliphatic rings. The van der Waals surface area contributed by atoms with E-state index in [9.17, 15) is 9.90 Å².